The molecule has 1 saturated heterocycles. The van der Waals surface area contributed by atoms with Crippen LogP contribution in [0.15, 0.2) is 18.2 Å². The molecule has 1 fully saturated rings. The van der Waals surface area contributed by atoms with E-state index in [0.29, 0.717) is 6.54 Å². The second kappa shape index (κ2) is 6.10. The lowest BCUT2D eigenvalue weighted by atomic mass is 10.0. The number of piperidine rings is 1. The largest absolute Gasteiger partial charge is 0.393 e. The average Bonchev–Trinajstić information content (AvgIpc) is 2.37. The van der Waals surface area contributed by atoms with Gasteiger partial charge in [0, 0.05) is 36.4 Å². The minimum Gasteiger partial charge on any atom is -0.393 e. The third kappa shape index (κ3) is 3.93. The van der Waals surface area contributed by atoms with Crippen LogP contribution in [0.3, 0.4) is 0 Å². The molecule has 112 valence electrons. The van der Waals surface area contributed by atoms with E-state index in [1.807, 2.05) is 6.07 Å². The standard InChI is InChI=1S/C16H25FN2O/c1-16(2,3)18-11-13-14(17)5-4-6-15(13)19-9-7-12(20)8-10-19/h4-6,12,18,20H,7-11H2,1-3H3. The van der Waals surface area contributed by atoms with Gasteiger partial charge in [-0.05, 0) is 45.7 Å². The Labute approximate surface area is 120 Å². The van der Waals surface area contributed by atoms with E-state index in [9.17, 15) is 9.50 Å². The number of aliphatic hydroxyl groups is 1. The van der Waals surface area contributed by atoms with E-state index < -0.39 is 0 Å². The van der Waals surface area contributed by atoms with E-state index in [1.165, 1.54) is 6.07 Å². The smallest absolute Gasteiger partial charge is 0.129 e. The molecule has 0 aliphatic carbocycles. The number of nitrogens with one attached hydrogen (secondary N) is 1. The van der Waals surface area contributed by atoms with Crippen LogP contribution in [0.1, 0.15) is 39.2 Å². The maximum Gasteiger partial charge on any atom is 0.129 e. The van der Waals surface area contributed by atoms with Gasteiger partial charge in [-0.1, -0.05) is 6.07 Å². The first-order valence-electron chi connectivity index (χ1n) is 7.32. The predicted octanol–water partition coefficient (Wildman–Crippen LogP) is 2.67. The molecular formula is C16H25FN2O. The van der Waals surface area contributed by atoms with Crippen LogP contribution in [-0.4, -0.2) is 29.8 Å². The molecule has 4 heteroatoms. The van der Waals surface area contributed by atoms with E-state index in [0.717, 1.165) is 37.2 Å². The van der Waals surface area contributed by atoms with E-state index in [2.05, 4.69) is 31.0 Å². The van der Waals surface area contributed by atoms with Crippen molar-refractivity contribution < 1.29 is 9.50 Å². The van der Waals surface area contributed by atoms with Crippen LogP contribution >= 0.6 is 0 Å². The summed E-state index contributed by atoms with van der Waals surface area (Å²) < 4.78 is 14.1. The van der Waals surface area contributed by atoms with E-state index in [1.54, 1.807) is 6.07 Å². The van der Waals surface area contributed by atoms with Gasteiger partial charge in [-0.15, -0.1) is 0 Å². The molecule has 0 amide bonds. The van der Waals surface area contributed by atoms with E-state index >= 15 is 0 Å². The van der Waals surface area contributed by atoms with Gasteiger partial charge in [0.05, 0.1) is 6.10 Å². The third-order valence-electron chi connectivity index (χ3n) is 3.69. The summed E-state index contributed by atoms with van der Waals surface area (Å²) in [4.78, 5) is 2.18. The Hall–Kier alpha value is -1.13. The summed E-state index contributed by atoms with van der Waals surface area (Å²) in [6.45, 7) is 8.31. The van der Waals surface area contributed by atoms with Gasteiger partial charge in [-0.25, -0.2) is 4.39 Å². The fourth-order valence-electron chi connectivity index (χ4n) is 2.48. The Bertz CT molecular complexity index is 448. The lowest BCUT2D eigenvalue weighted by molar-refractivity contribution is 0.145. The van der Waals surface area contributed by atoms with Crippen molar-refractivity contribution in [2.45, 2.75) is 51.8 Å². The summed E-state index contributed by atoms with van der Waals surface area (Å²) in [6, 6.07) is 5.25. The zero-order valence-corrected chi connectivity index (χ0v) is 12.6. The van der Waals surface area contributed by atoms with Crippen LogP contribution in [0, 0.1) is 5.82 Å². The van der Waals surface area contributed by atoms with Gasteiger partial charge in [0.2, 0.25) is 0 Å². The monoisotopic (exact) mass is 280 g/mol. The van der Waals surface area contributed by atoms with Crippen molar-refractivity contribution >= 4 is 5.69 Å². The van der Waals surface area contributed by atoms with Crippen molar-refractivity contribution in [2.75, 3.05) is 18.0 Å². The van der Waals surface area contributed by atoms with Gasteiger partial charge in [0.25, 0.3) is 0 Å². The van der Waals surface area contributed by atoms with Crippen LogP contribution in [-0.2, 0) is 6.54 Å². The highest BCUT2D eigenvalue weighted by Gasteiger charge is 2.21. The van der Waals surface area contributed by atoms with Crippen LogP contribution in [0.2, 0.25) is 0 Å². The second-order valence-electron chi connectivity index (χ2n) is 6.56. The molecule has 2 rings (SSSR count). The first kappa shape index (κ1) is 15.3. The number of halogens is 1. The Morgan fingerprint density at radius 1 is 1.30 bits per heavy atom. The third-order valence-corrected chi connectivity index (χ3v) is 3.69. The lowest BCUT2D eigenvalue weighted by Crippen LogP contribution is -2.38. The van der Waals surface area contributed by atoms with Crippen molar-refractivity contribution in [1.29, 1.82) is 0 Å². The molecule has 1 aliphatic heterocycles. The maximum absolute atomic E-state index is 14.1. The zero-order valence-electron chi connectivity index (χ0n) is 12.6. The van der Waals surface area contributed by atoms with E-state index in [4.69, 9.17) is 0 Å². The summed E-state index contributed by atoms with van der Waals surface area (Å²) >= 11 is 0. The Kier molecular flexibility index (Phi) is 4.66. The zero-order chi connectivity index (χ0) is 14.8. The van der Waals surface area contributed by atoms with Gasteiger partial charge in [-0.2, -0.15) is 0 Å². The van der Waals surface area contributed by atoms with Gasteiger partial charge >= 0.3 is 0 Å². The molecule has 0 spiro atoms. The molecule has 0 unspecified atom stereocenters. The van der Waals surface area contributed by atoms with Crippen LogP contribution in [0.4, 0.5) is 10.1 Å². The number of benzene rings is 1. The molecule has 0 saturated carbocycles. The number of nitrogens with zero attached hydrogens (tertiary/aromatic N) is 1. The van der Waals surface area contributed by atoms with Crippen LogP contribution < -0.4 is 10.2 Å². The Morgan fingerprint density at radius 2 is 1.95 bits per heavy atom. The Morgan fingerprint density at radius 3 is 2.55 bits per heavy atom. The molecule has 0 aromatic heterocycles. The van der Waals surface area contributed by atoms with Gasteiger partial charge < -0.3 is 15.3 Å². The van der Waals surface area contributed by atoms with Crippen molar-refractivity contribution in [3.8, 4) is 0 Å². The lowest BCUT2D eigenvalue weighted by Gasteiger charge is -2.33. The molecule has 0 atom stereocenters. The van der Waals surface area contributed by atoms with Crippen molar-refractivity contribution in [2.24, 2.45) is 0 Å². The topological polar surface area (TPSA) is 35.5 Å². The highest BCUT2D eigenvalue weighted by atomic mass is 19.1. The molecule has 1 aromatic carbocycles. The minimum atomic E-state index is -0.212. The quantitative estimate of drug-likeness (QED) is 0.893. The summed E-state index contributed by atoms with van der Waals surface area (Å²) in [5, 5.41) is 12.9. The number of hydrogen-bond acceptors (Lipinski definition) is 3. The molecule has 2 N–H and O–H groups in total. The van der Waals surface area contributed by atoms with Gasteiger partial charge in [0.1, 0.15) is 5.82 Å². The predicted molar refractivity (Wildman–Crippen MR) is 80.4 cm³/mol. The van der Waals surface area contributed by atoms with Gasteiger partial charge in [-0.3, -0.25) is 0 Å². The molecule has 1 heterocycles. The van der Waals surface area contributed by atoms with Gasteiger partial charge in [0.15, 0.2) is 0 Å². The van der Waals surface area contributed by atoms with E-state index in [-0.39, 0.29) is 17.5 Å². The number of hydrogen-bond donors (Lipinski definition) is 2. The van der Waals surface area contributed by atoms with Crippen molar-refractivity contribution in [3.63, 3.8) is 0 Å². The average molecular weight is 280 g/mol. The Balaban J connectivity index is 2.17. The highest BCUT2D eigenvalue weighted by Crippen LogP contribution is 2.26. The second-order valence-corrected chi connectivity index (χ2v) is 6.56. The summed E-state index contributed by atoms with van der Waals surface area (Å²) in [6.07, 6.45) is 1.29. The number of rotatable bonds is 3. The first-order chi connectivity index (χ1) is 9.37. The summed E-state index contributed by atoms with van der Waals surface area (Å²) in [7, 11) is 0. The SMILES string of the molecule is CC(C)(C)NCc1c(F)cccc1N1CCC(O)CC1. The van der Waals surface area contributed by atoms with Crippen LogP contribution in [0.25, 0.3) is 0 Å². The molecule has 1 aromatic rings. The molecule has 3 nitrogen and oxygen atoms in total. The molecular weight excluding hydrogens is 255 g/mol. The van der Waals surface area contributed by atoms with Crippen molar-refractivity contribution in [3.05, 3.63) is 29.6 Å². The highest BCUT2D eigenvalue weighted by molar-refractivity contribution is 5.54. The molecule has 0 bridgehead atoms. The molecule has 20 heavy (non-hydrogen) atoms. The normalized spacial score (nSPS) is 17.6. The minimum absolute atomic E-state index is 0.0440. The molecule has 0 radical (unpaired) electrons. The molecule has 1 aliphatic rings. The number of aliphatic hydroxyl groups excluding tert-OH is 1. The summed E-state index contributed by atoms with van der Waals surface area (Å²) in [5.74, 6) is -0.162. The summed E-state index contributed by atoms with van der Waals surface area (Å²) in [5.41, 5.74) is 1.63. The fourth-order valence-corrected chi connectivity index (χ4v) is 2.48. The van der Waals surface area contributed by atoms with Crippen LogP contribution in [0.5, 0.6) is 0 Å². The van der Waals surface area contributed by atoms with Crippen molar-refractivity contribution in [1.82, 2.24) is 5.32 Å². The number of anilines is 1. The first-order valence-corrected chi connectivity index (χ1v) is 7.32. The fraction of sp³-hybridized carbons (Fsp3) is 0.625. The maximum atomic E-state index is 14.1.